The molecule has 1 aromatic carbocycles. The minimum absolute atomic E-state index is 0.0351. The molecule has 1 atom stereocenters. The number of benzene rings is 1. The predicted octanol–water partition coefficient (Wildman–Crippen LogP) is 2.64. The van der Waals surface area contributed by atoms with Crippen molar-refractivity contribution in [1.29, 1.82) is 0 Å². The van der Waals surface area contributed by atoms with E-state index in [4.69, 9.17) is 15.2 Å². The second-order valence-corrected chi connectivity index (χ2v) is 6.22. The zero-order valence-corrected chi connectivity index (χ0v) is 15.5. The zero-order chi connectivity index (χ0) is 20.8. The summed E-state index contributed by atoms with van der Waals surface area (Å²) in [5, 5.41) is 4.26. The first-order valence-electron chi connectivity index (χ1n) is 7.75. The fraction of sp³-hybridized carbons (Fsp3) is 0.235. The van der Waals surface area contributed by atoms with E-state index in [1.165, 1.54) is 26.2 Å². The lowest BCUT2D eigenvalue weighted by Gasteiger charge is -2.14. The SMILES string of the molecule is COc1cc(C(=O)O[C@@H](C)C(=O)Nc2sccc2C(N)=O)ccc1OC(F)F. The summed E-state index contributed by atoms with van der Waals surface area (Å²) in [6.07, 6.45) is -1.21. The van der Waals surface area contributed by atoms with E-state index in [2.05, 4.69) is 10.1 Å². The molecule has 150 valence electrons. The van der Waals surface area contributed by atoms with E-state index >= 15 is 0 Å². The van der Waals surface area contributed by atoms with Crippen molar-refractivity contribution in [3.8, 4) is 11.5 Å². The van der Waals surface area contributed by atoms with E-state index in [1.54, 1.807) is 5.38 Å². The lowest BCUT2D eigenvalue weighted by molar-refractivity contribution is -0.123. The Morgan fingerprint density at radius 1 is 1.18 bits per heavy atom. The van der Waals surface area contributed by atoms with Gasteiger partial charge in [0.05, 0.1) is 18.2 Å². The molecule has 0 aliphatic carbocycles. The number of esters is 1. The van der Waals surface area contributed by atoms with Crippen LogP contribution in [0.25, 0.3) is 0 Å². The van der Waals surface area contributed by atoms with E-state index in [9.17, 15) is 23.2 Å². The first kappa shape index (κ1) is 21.1. The third kappa shape index (κ3) is 5.16. The number of carbonyl (C=O) groups excluding carboxylic acids is 3. The summed E-state index contributed by atoms with van der Waals surface area (Å²) >= 11 is 1.09. The molecule has 3 N–H and O–H groups in total. The van der Waals surface area contributed by atoms with Crippen LogP contribution in [0.3, 0.4) is 0 Å². The Hall–Kier alpha value is -3.21. The molecule has 0 aliphatic rings. The molecule has 0 unspecified atom stereocenters. The predicted molar refractivity (Wildman–Crippen MR) is 96.0 cm³/mol. The van der Waals surface area contributed by atoms with E-state index in [0.29, 0.717) is 0 Å². The zero-order valence-electron chi connectivity index (χ0n) is 14.7. The van der Waals surface area contributed by atoms with Crippen LogP contribution in [0.1, 0.15) is 27.6 Å². The summed E-state index contributed by atoms with van der Waals surface area (Å²) in [7, 11) is 1.22. The van der Waals surface area contributed by atoms with Gasteiger partial charge in [0, 0.05) is 0 Å². The third-order valence-electron chi connectivity index (χ3n) is 3.44. The Labute approximate surface area is 162 Å². The van der Waals surface area contributed by atoms with E-state index in [-0.39, 0.29) is 27.6 Å². The van der Waals surface area contributed by atoms with Gasteiger partial charge in [0.1, 0.15) is 5.00 Å². The van der Waals surface area contributed by atoms with Crippen LogP contribution >= 0.6 is 11.3 Å². The molecule has 2 aromatic rings. The smallest absolute Gasteiger partial charge is 0.387 e. The summed E-state index contributed by atoms with van der Waals surface area (Å²) in [5.41, 5.74) is 5.30. The number of hydrogen-bond donors (Lipinski definition) is 2. The van der Waals surface area contributed by atoms with Crippen molar-refractivity contribution in [2.24, 2.45) is 5.73 Å². The number of ether oxygens (including phenoxy) is 3. The van der Waals surface area contributed by atoms with Crippen LogP contribution in [0.5, 0.6) is 11.5 Å². The highest BCUT2D eigenvalue weighted by molar-refractivity contribution is 7.14. The third-order valence-corrected chi connectivity index (χ3v) is 4.27. The number of anilines is 1. The van der Waals surface area contributed by atoms with Crippen LogP contribution in [0, 0.1) is 0 Å². The first-order valence-corrected chi connectivity index (χ1v) is 8.63. The van der Waals surface area contributed by atoms with Gasteiger partial charge < -0.3 is 25.3 Å². The normalized spacial score (nSPS) is 11.6. The molecular weight excluding hydrogens is 398 g/mol. The fourth-order valence-electron chi connectivity index (χ4n) is 2.08. The highest BCUT2D eigenvalue weighted by atomic mass is 32.1. The largest absolute Gasteiger partial charge is 0.493 e. The quantitative estimate of drug-likeness (QED) is 0.642. The highest BCUT2D eigenvalue weighted by Crippen LogP contribution is 2.30. The minimum Gasteiger partial charge on any atom is -0.493 e. The first-order chi connectivity index (χ1) is 13.2. The number of methoxy groups -OCH3 is 1. The van der Waals surface area contributed by atoms with E-state index < -0.39 is 30.5 Å². The summed E-state index contributed by atoms with van der Waals surface area (Å²) in [6.45, 7) is -1.73. The van der Waals surface area contributed by atoms with Crippen molar-refractivity contribution in [2.45, 2.75) is 19.6 Å². The molecular formula is C17H16F2N2O6S. The van der Waals surface area contributed by atoms with Gasteiger partial charge >= 0.3 is 12.6 Å². The average molecular weight is 414 g/mol. The Morgan fingerprint density at radius 3 is 2.50 bits per heavy atom. The number of nitrogens with two attached hydrogens (primary N) is 1. The van der Waals surface area contributed by atoms with Gasteiger partial charge in [-0.05, 0) is 36.6 Å². The molecule has 0 spiro atoms. The average Bonchev–Trinajstić information content (AvgIpc) is 3.09. The molecule has 1 aromatic heterocycles. The van der Waals surface area contributed by atoms with Gasteiger partial charge in [-0.2, -0.15) is 8.78 Å². The number of halogens is 2. The van der Waals surface area contributed by atoms with Crippen LogP contribution in [-0.4, -0.2) is 37.6 Å². The molecule has 2 rings (SSSR count). The number of primary amides is 1. The molecule has 8 nitrogen and oxygen atoms in total. The van der Waals surface area contributed by atoms with E-state index in [1.807, 2.05) is 0 Å². The van der Waals surface area contributed by atoms with Crippen LogP contribution in [-0.2, 0) is 9.53 Å². The standard InChI is InChI=1S/C17H16F2N2O6S/c1-8(14(23)21-15-10(13(20)22)5-6-28-15)26-16(24)9-3-4-11(27-17(18)19)12(7-9)25-2/h3-8,17H,1-2H3,(H2,20,22)(H,21,23)/t8-/m0/s1. The van der Waals surface area contributed by atoms with Crippen LogP contribution < -0.4 is 20.5 Å². The topological polar surface area (TPSA) is 117 Å². The lowest BCUT2D eigenvalue weighted by Crippen LogP contribution is -2.30. The molecule has 0 saturated carbocycles. The summed E-state index contributed by atoms with van der Waals surface area (Å²) in [4.78, 5) is 35.7. The number of rotatable bonds is 8. The number of hydrogen-bond acceptors (Lipinski definition) is 7. The van der Waals surface area contributed by atoms with Gasteiger partial charge in [-0.25, -0.2) is 4.79 Å². The minimum atomic E-state index is -3.06. The Kier molecular flexibility index (Phi) is 6.88. The molecule has 0 fully saturated rings. The molecule has 0 bridgehead atoms. The maximum atomic E-state index is 12.3. The highest BCUT2D eigenvalue weighted by Gasteiger charge is 2.22. The number of carbonyl (C=O) groups is 3. The number of thiophene rings is 1. The molecule has 0 saturated heterocycles. The van der Waals surface area contributed by atoms with Gasteiger partial charge in [0.15, 0.2) is 17.6 Å². The molecule has 1 heterocycles. The van der Waals surface area contributed by atoms with Crippen molar-refractivity contribution in [3.05, 3.63) is 40.8 Å². The Balaban J connectivity index is 2.06. The summed E-state index contributed by atoms with van der Waals surface area (Å²) in [5.74, 6) is -2.62. The number of nitrogens with one attached hydrogen (secondary N) is 1. The van der Waals surface area contributed by atoms with Crippen molar-refractivity contribution in [1.82, 2.24) is 0 Å². The maximum absolute atomic E-state index is 12.3. The fourth-order valence-corrected chi connectivity index (χ4v) is 2.88. The van der Waals surface area contributed by atoms with Crippen molar-refractivity contribution in [2.75, 3.05) is 12.4 Å². The monoisotopic (exact) mass is 414 g/mol. The second-order valence-electron chi connectivity index (χ2n) is 5.31. The molecule has 0 aliphatic heterocycles. The van der Waals surface area contributed by atoms with Crippen LogP contribution in [0.15, 0.2) is 29.6 Å². The number of amides is 2. The maximum Gasteiger partial charge on any atom is 0.387 e. The van der Waals surface area contributed by atoms with Gasteiger partial charge in [-0.3, -0.25) is 9.59 Å². The second kappa shape index (κ2) is 9.13. The summed E-state index contributed by atoms with van der Waals surface area (Å²) < 4.78 is 38.9. The molecule has 2 amide bonds. The van der Waals surface area contributed by atoms with E-state index in [0.717, 1.165) is 23.5 Å². The van der Waals surface area contributed by atoms with Crippen molar-refractivity contribution < 1.29 is 37.4 Å². The van der Waals surface area contributed by atoms with Gasteiger partial charge in [-0.1, -0.05) is 0 Å². The van der Waals surface area contributed by atoms with Gasteiger partial charge in [0.25, 0.3) is 11.8 Å². The molecule has 0 radical (unpaired) electrons. The van der Waals surface area contributed by atoms with Crippen LogP contribution in [0.4, 0.5) is 13.8 Å². The molecule has 11 heteroatoms. The van der Waals surface area contributed by atoms with Crippen molar-refractivity contribution >= 4 is 34.1 Å². The number of alkyl halides is 2. The Bertz CT molecular complexity index is 886. The van der Waals surface area contributed by atoms with Gasteiger partial charge in [-0.15, -0.1) is 11.3 Å². The van der Waals surface area contributed by atoms with Gasteiger partial charge in [0.2, 0.25) is 0 Å². The molecule has 28 heavy (non-hydrogen) atoms. The van der Waals surface area contributed by atoms with Crippen molar-refractivity contribution in [3.63, 3.8) is 0 Å². The Morgan fingerprint density at radius 2 is 1.89 bits per heavy atom. The van der Waals surface area contributed by atoms with Crippen LogP contribution in [0.2, 0.25) is 0 Å². The summed E-state index contributed by atoms with van der Waals surface area (Å²) in [6, 6.07) is 4.92. The lowest BCUT2D eigenvalue weighted by atomic mass is 10.2.